The number of amides is 1. The van der Waals surface area contributed by atoms with Gasteiger partial charge in [-0.05, 0) is 49.7 Å². The molecule has 4 atom stereocenters. The van der Waals surface area contributed by atoms with Crippen LogP contribution in [0.5, 0.6) is 0 Å². The number of hydrogen-bond donors (Lipinski definition) is 0. The Bertz CT molecular complexity index is 767. The first-order valence-electron chi connectivity index (χ1n) is 9.92. The van der Waals surface area contributed by atoms with E-state index in [9.17, 15) is 9.59 Å². The van der Waals surface area contributed by atoms with Crippen molar-refractivity contribution in [2.75, 3.05) is 0 Å². The Balaban J connectivity index is 1.62. The monoisotopic (exact) mass is 352 g/mol. The molecule has 1 aromatic carbocycles. The lowest BCUT2D eigenvalue weighted by molar-refractivity contribution is -0.142. The van der Waals surface area contributed by atoms with Crippen LogP contribution in [0.4, 0.5) is 5.69 Å². The number of Topliss-reactive ketones (excluding diaryl/α,β-unsaturated/α-hetero) is 1. The van der Waals surface area contributed by atoms with Gasteiger partial charge in [-0.3, -0.25) is 9.79 Å². The second kappa shape index (κ2) is 6.64. The van der Waals surface area contributed by atoms with Gasteiger partial charge in [0.05, 0.1) is 11.7 Å². The molecule has 0 radical (unpaired) electrons. The van der Waals surface area contributed by atoms with Crippen LogP contribution in [0.15, 0.2) is 29.3 Å². The summed E-state index contributed by atoms with van der Waals surface area (Å²) >= 11 is 0. The van der Waals surface area contributed by atoms with E-state index in [1.807, 2.05) is 6.07 Å². The smallest absolute Gasteiger partial charge is 0.227 e. The summed E-state index contributed by atoms with van der Waals surface area (Å²) in [5.74, 6) is 0.768. The molecule has 0 N–H and O–H groups in total. The van der Waals surface area contributed by atoms with Crippen LogP contribution in [-0.4, -0.2) is 34.4 Å². The number of nitrogens with zero attached hydrogens (tertiary/aromatic N) is 2. The summed E-state index contributed by atoms with van der Waals surface area (Å²) in [5, 5.41) is 0. The van der Waals surface area contributed by atoms with Gasteiger partial charge in [0.1, 0.15) is 5.78 Å². The number of rotatable bonds is 5. The quantitative estimate of drug-likeness (QED) is 0.806. The van der Waals surface area contributed by atoms with Crippen LogP contribution < -0.4 is 0 Å². The third kappa shape index (κ3) is 2.89. The van der Waals surface area contributed by atoms with E-state index in [4.69, 9.17) is 4.99 Å². The second-order valence-corrected chi connectivity index (χ2v) is 8.58. The number of carbonyl (C=O) groups excluding carboxylic acids is 2. The average molecular weight is 352 g/mol. The lowest BCUT2D eigenvalue weighted by Gasteiger charge is -2.38. The number of fused-ring (bicyclic) bond motifs is 3. The van der Waals surface area contributed by atoms with Crippen molar-refractivity contribution in [3.63, 3.8) is 0 Å². The van der Waals surface area contributed by atoms with Crippen molar-refractivity contribution in [1.29, 1.82) is 0 Å². The zero-order valence-electron chi connectivity index (χ0n) is 15.9. The third-order valence-corrected chi connectivity index (χ3v) is 6.44. The second-order valence-electron chi connectivity index (χ2n) is 8.58. The molecule has 4 rings (SSSR count). The molecule has 1 amide bonds. The van der Waals surface area contributed by atoms with Gasteiger partial charge in [0.25, 0.3) is 0 Å². The molecule has 2 bridgehead atoms. The molecule has 2 heterocycles. The molecule has 2 unspecified atom stereocenters. The summed E-state index contributed by atoms with van der Waals surface area (Å²) in [6.45, 7) is 5.70. The van der Waals surface area contributed by atoms with Crippen molar-refractivity contribution in [1.82, 2.24) is 4.90 Å². The van der Waals surface area contributed by atoms with Gasteiger partial charge in [0, 0.05) is 30.5 Å². The lowest BCUT2D eigenvalue weighted by atomic mass is 9.86. The Morgan fingerprint density at radius 2 is 2.00 bits per heavy atom. The van der Waals surface area contributed by atoms with Crippen LogP contribution in [0, 0.1) is 17.8 Å². The first kappa shape index (κ1) is 17.4. The Morgan fingerprint density at radius 3 is 2.69 bits per heavy atom. The van der Waals surface area contributed by atoms with Gasteiger partial charge in [-0.25, -0.2) is 0 Å². The number of para-hydroxylation sites is 1. The van der Waals surface area contributed by atoms with Gasteiger partial charge in [0.15, 0.2) is 0 Å². The number of benzene rings is 1. The number of aliphatic imine (C=N–C) groups is 1. The molecule has 138 valence electrons. The van der Waals surface area contributed by atoms with Gasteiger partial charge < -0.3 is 9.69 Å². The maximum Gasteiger partial charge on any atom is 0.227 e. The number of carbonyl (C=O) groups is 2. The molecule has 4 heteroatoms. The molecule has 2 fully saturated rings. The highest BCUT2D eigenvalue weighted by Crippen LogP contribution is 2.46. The molecule has 4 nitrogen and oxygen atoms in total. The van der Waals surface area contributed by atoms with Crippen molar-refractivity contribution in [2.45, 2.75) is 65.0 Å². The van der Waals surface area contributed by atoms with Crippen molar-refractivity contribution >= 4 is 23.1 Å². The average Bonchev–Trinajstić information content (AvgIpc) is 3.31. The van der Waals surface area contributed by atoms with Crippen LogP contribution in [0.1, 0.15) is 52.0 Å². The lowest BCUT2D eigenvalue weighted by Crippen LogP contribution is -2.52. The van der Waals surface area contributed by atoms with E-state index >= 15 is 0 Å². The Hall–Kier alpha value is -1.97. The summed E-state index contributed by atoms with van der Waals surface area (Å²) < 4.78 is 0. The van der Waals surface area contributed by atoms with Crippen LogP contribution in [0.25, 0.3) is 0 Å². The first-order valence-corrected chi connectivity index (χ1v) is 9.92. The number of hydrogen-bond acceptors (Lipinski definition) is 3. The molecule has 0 spiro atoms. The van der Waals surface area contributed by atoms with E-state index in [0.29, 0.717) is 18.4 Å². The number of likely N-dealkylation sites (tertiary alicyclic amines) is 1. The summed E-state index contributed by atoms with van der Waals surface area (Å²) in [7, 11) is 0. The highest BCUT2D eigenvalue weighted by atomic mass is 16.2. The standard InChI is InChI=1S/C22H28N2O2/c1-13(2)18(10-14(3)25)22(26)24-17-9-8-16(11-17)21(24)20-12-15-6-4-5-7-19(15)23-20/h4-7,13,16-18,21H,8-12H2,1-3H3/t16-,17+,18?,21?/m0/s1. The predicted octanol–water partition coefficient (Wildman–Crippen LogP) is 3.95. The number of piperidine rings is 1. The molecule has 2 aliphatic heterocycles. The minimum absolute atomic E-state index is 0.101. The predicted molar refractivity (Wildman–Crippen MR) is 103 cm³/mol. The van der Waals surface area contributed by atoms with Crippen LogP contribution in [-0.2, 0) is 16.0 Å². The van der Waals surface area contributed by atoms with Crippen molar-refractivity contribution in [3.05, 3.63) is 29.8 Å². The minimum Gasteiger partial charge on any atom is -0.331 e. The molecule has 1 aromatic rings. The summed E-state index contributed by atoms with van der Waals surface area (Å²) in [4.78, 5) is 32.2. The van der Waals surface area contributed by atoms with Gasteiger partial charge >= 0.3 is 0 Å². The van der Waals surface area contributed by atoms with Crippen LogP contribution in [0.2, 0.25) is 0 Å². The van der Waals surface area contributed by atoms with Crippen molar-refractivity contribution in [2.24, 2.45) is 22.7 Å². The van der Waals surface area contributed by atoms with Gasteiger partial charge in [-0.2, -0.15) is 0 Å². The van der Waals surface area contributed by atoms with E-state index in [1.54, 1.807) is 6.92 Å². The zero-order valence-corrected chi connectivity index (χ0v) is 15.9. The normalized spacial score (nSPS) is 27.6. The van der Waals surface area contributed by atoms with Crippen LogP contribution in [0.3, 0.4) is 0 Å². The van der Waals surface area contributed by atoms with Gasteiger partial charge in [0.2, 0.25) is 5.91 Å². The fourth-order valence-corrected chi connectivity index (χ4v) is 5.17. The molecule has 1 aliphatic carbocycles. The molecular weight excluding hydrogens is 324 g/mol. The zero-order chi connectivity index (χ0) is 18.4. The van der Waals surface area contributed by atoms with Crippen molar-refractivity contribution < 1.29 is 9.59 Å². The van der Waals surface area contributed by atoms with E-state index in [2.05, 4.69) is 36.9 Å². The SMILES string of the molecule is CC(=O)CC(C(=O)N1C(C2=Nc3ccccc3C2)[C@H]2CC[C@@H]1C2)C(C)C. The Morgan fingerprint density at radius 1 is 1.23 bits per heavy atom. The summed E-state index contributed by atoms with van der Waals surface area (Å²) in [6.07, 6.45) is 4.58. The van der Waals surface area contributed by atoms with E-state index in [0.717, 1.165) is 30.7 Å². The molecule has 3 aliphatic rings. The summed E-state index contributed by atoms with van der Waals surface area (Å²) in [6, 6.07) is 8.74. The topological polar surface area (TPSA) is 49.7 Å². The number of ketones is 1. The maximum absolute atomic E-state index is 13.5. The first-order chi connectivity index (χ1) is 12.5. The highest BCUT2D eigenvalue weighted by molar-refractivity contribution is 6.01. The van der Waals surface area contributed by atoms with Crippen LogP contribution >= 0.6 is 0 Å². The van der Waals surface area contributed by atoms with E-state index in [-0.39, 0.29) is 29.6 Å². The molecule has 1 saturated carbocycles. The molecular formula is C22H28N2O2. The van der Waals surface area contributed by atoms with E-state index < -0.39 is 0 Å². The maximum atomic E-state index is 13.5. The molecule has 26 heavy (non-hydrogen) atoms. The summed E-state index contributed by atoms with van der Waals surface area (Å²) in [5.41, 5.74) is 3.47. The Kier molecular flexibility index (Phi) is 4.45. The third-order valence-electron chi connectivity index (χ3n) is 6.44. The Labute approximate surface area is 155 Å². The largest absolute Gasteiger partial charge is 0.331 e. The van der Waals surface area contributed by atoms with Gasteiger partial charge in [-0.15, -0.1) is 0 Å². The minimum atomic E-state index is -0.210. The van der Waals surface area contributed by atoms with E-state index in [1.165, 1.54) is 12.0 Å². The molecule has 1 saturated heterocycles. The van der Waals surface area contributed by atoms with Crippen molar-refractivity contribution in [3.8, 4) is 0 Å². The fourth-order valence-electron chi connectivity index (χ4n) is 5.17. The molecule has 0 aromatic heterocycles. The van der Waals surface area contributed by atoms with Gasteiger partial charge in [-0.1, -0.05) is 32.0 Å². The highest BCUT2D eigenvalue weighted by Gasteiger charge is 2.51. The fraction of sp³-hybridized carbons (Fsp3) is 0.591.